The Morgan fingerprint density at radius 2 is 2.00 bits per heavy atom. The summed E-state index contributed by atoms with van der Waals surface area (Å²) in [6, 6.07) is 17.1. The van der Waals surface area contributed by atoms with Crippen LogP contribution in [-0.2, 0) is 6.54 Å². The van der Waals surface area contributed by atoms with E-state index in [1.54, 1.807) is 11.8 Å². The van der Waals surface area contributed by atoms with Gasteiger partial charge in [-0.3, -0.25) is 0 Å². The summed E-state index contributed by atoms with van der Waals surface area (Å²) in [5, 5.41) is 3.23. The van der Waals surface area contributed by atoms with E-state index in [-0.39, 0.29) is 0 Å². The highest BCUT2D eigenvalue weighted by atomic mass is 35.5. The Balaban J connectivity index is 1.83. The lowest BCUT2D eigenvalue weighted by Gasteiger charge is -2.18. The first-order chi connectivity index (χ1) is 13.1. The van der Waals surface area contributed by atoms with Crippen molar-refractivity contribution in [3.8, 4) is 0 Å². The molecule has 0 saturated heterocycles. The zero-order valence-electron chi connectivity index (χ0n) is 15.6. The minimum absolute atomic E-state index is 0.755. The number of aryl methyl sites for hydroxylation is 2. The van der Waals surface area contributed by atoms with Gasteiger partial charge >= 0.3 is 0 Å². The molecule has 0 unspecified atom stereocenters. The van der Waals surface area contributed by atoms with Gasteiger partial charge in [-0.25, -0.2) is 0 Å². The van der Waals surface area contributed by atoms with Gasteiger partial charge in [-0.15, -0.1) is 6.58 Å². The first-order valence-corrected chi connectivity index (χ1v) is 10.3. The standard InChI is InChI=1S/C23H22ClN2S/c1-4-12-26-21-14-18(24)8-11-22(21)27-23(26)15-19-9-7-17-13-16(3)6-10-20(17)25(19)5-2/h4,6-11,13-15H,1,5,12H2,2-3H3/q+1. The minimum Gasteiger partial charge on any atom is -0.331 e. The van der Waals surface area contributed by atoms with E-state index >= 15 is 0 Å². The quantitative estimate of drug-likeness (QED) is 0.384. The van der Waals surface area contributed by atoms with Gasteiger partial charge in [-0.2, -0.15) is 4.57 Å². The topological polar surface area (TPSA) is 7.12 Å². The molecule has 0 fully saturated rings. The molecular formula is C23H22ClN2S+. The van der Waals surface area contributed by atoms with Crippen LogP contribution in [0.15, 0.2) is 71.1 Å². The van der Waals surface area contributed by atoms with Crippen molar-refractivity contribution in [3.05, 3.63) is 82.5 Å². The van der Waals surface area contributed by atoms with Crippen LogP contribution in [0.25, 0.3) is 17.0 Å². The van der Waals surface area contributed by atoms with E-state index in [0.29, 0.717) is 0 Å². The van der Waals surface area contributed by atoms with Gasteiger partial charge in [0.05, 0.1) is 10.7 Å². The third-order valence-electron chi connectivity index (χ3n) is 4.81. The van der Waals surface area contributed by atoms with Crippen LogP contribution in [0, 0.1) is 6.92 Å². The third-order valence-corrected chi connectivity index (χ3v) is 6.16. The van der Waals surface area contributed by atoms with E-state index in [2.05, 4.69) is 72.4 Å². The van der Waals surface area contributed by atoms with E-state index in [1.165, 1.54) is 32.1 Å². The summed E-state index contributed by atoms with van der Waals surface area (Å²) in [7, 11) is 0. The second kappa shape index (κ2) is 7.41. The molecule has 2 nitrogen and oxygen atoms in total. The van der Waals surface area contributed by atoms with Crippen LogP contribution in [0.5, 0.6) is 0 Å². The van der Waals surface area contributed by atoms with Gasteiger partial charge in [-0.05, 0) is 44.2 Å². The van der Waals surface area contributed by atoms with E-state index in [1.807, 2.05) is 18.2 Å². The SMILES string of the molecule is C=CCN1/C(=C/c2ccc3cc(C)ccc3[n+]2CC)Sc2ccc(Cl)cc21. The van der Waals surface area contributed by atoms with Crippen LogP contribution in [0.1, 0.15) is 18.2 Å². The zero-order chi connectivity index (χ0) is 19.0. The third kappa shape index (κ3) is 3.38. The number of rotatable bonds is 4. The molecular weight excluding hydrogens is 372 g/mol. The molecule has 4 rings (SSSR count). The molecule has 0 amide bonds. The molecule has 3 aromatic rings. The fraction of sp³-hybridized carbons (Fsp3) is 0.174. The van der Waals surface area contributed by atoms with E-state index < -0.39 is 0 Å². The van der Waals surface area contributed by atoms with Crippen molar-refractivity contribution in [2.24, 2.45) is 0 Å². The summed E-state index contributed by atoms with van der Waals surface area (Å²) in [6.45, 7) is 9.93. The summed E-state index contributed by atoms with van der Waals surface area (Å²) in [4.78, 5) is 3.50. The van der Waals surface area contributed by atoms with Crippen LogP contribution >= 0.6 is 23.4 Å². The van der Waals surface area contributed by atoms with Crippen molar-refractivity contribution in [1.82, 2.24) is 0 Å². The number of anilines is 1. The summed E-state index contributed by atoms with van der Waals surface area (Å²) >= 11 is 8.02. The van der Waals surface area contributed by atoms with Crippen molar-refractivity contribution in [3.63, 3.8) is 0 Å². The molecule has 0 atom stereocenters. The first-order valence-electron chi connectivity index (χ1n) is 9.11. The van der Waals surface area contributed by atoms with E-state index in [0.717, 1.165) is 23.8 Å². The molecule has 4 heteroatoms. The van der Waals surface area contributed by atoms with Crippen LogP contribution in [0.4, 0.5) is 5.69 Å². The summed E-state index contributed by atoms with van der Waals surface area (Å²) in [5.41, 5.74) is 4.89. The number of benzene rings is 2. The molecule has 0 N–H and O–H groups in total. The Labute approximate surface area is 169 Å². The van der Waals surface area contributed by atoms with Gasteiger partial charge in [-0.1, -0.05) is 41.1 Å². The first kappa shape index (κ1) is 18.1. The monoisotopic (exact) mass is 393 g/mol. The number of hydrogen-bond donors (Lipinski definition) is 0. The predicted molar refractivity (Wildman–Crippen MR) is 117 cm³/mol. The van der Waals surface area contributed by atoms with Gasteiger partial charge in [0.2, 0.25) is 11.2 Å². The highest BCUT2D eigenvalue weighted by Gasteiger charge is 2.26. The fourth-order valence-corrected chi connectivity index (χ4v) is 4.83. The molecule has 1 aliphatic heterocycles. The van der Waals surface area contributed by atoms with E-state index in [4.69, 9.17) is 11.6 Å². The van der Waals surface area contributed by atoms with Crippen molar-refractivity contribution in [2.75, 3.05) is 11.4 Å². The number of aromatic nitrogens is 1. The molecule has 27 heavy (non-hydrogen) atoms. The van der Waals surface area contributed by atoms with Crippen molar-refractivity contribution in [2.45, 2.75) is 25.3 Å². The number of hydrogen-bond acceptors (Lipinski definition) is 2. The Bertz CT molecular complexity index is 1070. The highest BCUT2D eigenvalue weighted by molar-refractivity contribution is 8.03. The molecule has 0 spiro atoms. The Morgan fingerprint density at radius 3 is 2.78 bits per heavy atom. The van der Waals surface area contributed by atoms with Crippen LogP contribution in [0.3, 0.4) is 0 Å². The number of thioether (sulfide) groups is 1. The van der Waals surface area contributed by atoms with Gasteiger partial charge in [0.1, 0.15) is 6.54 Å². The molecule has 136 valence electrons. The summed E-state index contributed by atoms with van der Waals surface area (Å²) in [5.74, 6) is 0. The Morgan fingerprint density at radius 1 is 1.15 bits per heavy atom. The van der Waals surface area contributed by atoms with E-state index in [9.17, 15) is 0 Å². The molecule has 2 aromatic carbocycles. The smallest absolute Gasteiger partial charge is 0.212 e. The maximum absolute atomic E-state index is 6.24. The van der Waals surface area contributed by atoms with Crippen molar-refractivity contribution < 1.29 is 4.57 Å². The number of pyridine rings is 1. The molecule has 1 aliphatic rings. The summed E-state index contributed by atoms with van der Waals surface area (Å²) in [6.07, 6.45) is 4.20. The Kier molecular flexibility index (Phi) is 4.98. The fourth-order valence-electron chi connectivity index (χ4n) is 3.56. The largest absolute Gasteiger partial charge is 0.331 e. The molecule has 0 aliphatic carbocycles. The van der Waals surface area contributed by atoms with Gasteiger partial charge in [0.15, 0.2) is 0 Å². The zero-order valence-corrected chi connectivity index (χ0v) is 17.1. The van der Waals surface area contributed by atoms with Crippen molar-refractivity contribution in [1.29, 1.82) is 0 Å². The minimum atomic E-state index is 0.755. The highest BCUT2D eigenvalue weighted by Crippen LogP contribution is 2.47. The molecule has 0 radical (unpaired) electrons. The normalized spacial score (nSPS) is 14.8. The second-order valence-corrected chi connectivity index (χ2v) is 8.16. The number of fused-ring (bicyclic) bond motifs is 2. The lowest BCUT2D eigenvalue weighted by atomic mass is 10.1. The average Bonchev–Trinajstić information content (AvgIpc) is 2.98. The van der Waals surface area contributed by atoms with Crippen molar-refractivity contribution >= 4 is 46.0 Å². The molecule has 0 saturated carbocycles. The molecule has 1 aromatic heterocycles. The van der Waals surface area contributed by atoms with Crippen LogP contribution in [0.2, 0.25) is 5.02 Å². The van der Waals surface area contributed by atoms with Gasteiger partial charge in [0, 0.05) is 40.1 Å². The second-order valence-electron chi connectivity index (χ2n) is 6.66. The molecule has 0 bridgehead atoms. The van der Waals surface area contributed by atoms with Gasteiger partial charge in [0.25, 0.3) is 0 Å². The lowest BCUT2D eigenvalue weighted by molar-refractivity contribution is -0.669. The van der Waals surface area contributed by atoms with Crippen LogP contribution in [-0.4, -0.2) is 6.54 Å². The maximum Gasteiger partial charge on any atom is 0.212 e. The van der Waals surface area contributed by atoms with Gasteiger partial charge < -0.3 is 4.90 Å². The summed E-state index contributed by atoms with van der Waals surface area (Å²) < 4.78 is 2.37. The molecule has 2 heterocycles. The van der Waals surface area contributed by atoms with Crippen LogP contribution < -0.4 is 9.47 Å². The lowest BCUT2D eigenvalue weighted by Crippen LogP contribution is -2.37. The number of nitrogens with zero attached hydrogens (tertiary/aromatic N) is 2. The predicted octanol–water partition coefficient (Wildman–Crippen LogP) is 6.21. The maximum atomic E-state index is 6.24. The Hall–Kier alpha value is -2.23. The average molecular weight is 394 g/mol. The number of halogens is 1.